The molecular formula is C34H36N2O8S2. The summed E-state index contributed by atoms with van der Waals surface area (Å²) in [5.41, 5.74) is 8.37. The summed E-state index contributed by atoms with van der Waals surface area (Å²) < 4.78 is 49.8. The van der Waals surface area contributed by atoms with Crippen molar-refractivity contribution in [2.24, 2.45) is 0 Å². The van der Waals surface area contributed by atoms with Crippen LogP contribution in [0.5, 0.6) is 0 Å². The number of nitrogens with zero attached hydrogens (tertiary/aromatic N) is 1. The Morgan fingerprint density at radius 2 is 1.30 bits per heavy atom. The first-order chi connectivity index (χ1) is 22.0. The monoisotopic (exact) mass is 664 g/mol. The van der Waals surface area contributed by atoms with Crippen LogP contribution in [0.3, 0.4) is 0 Å². The molecule has 4 aromatic carbocycles. The van der Waals surface area contributed by atoms with Crippen LogP contribution in [0.25, 0.3) is 0 Å². The fourth-order valence-electron chi connectivity index (χ4n) is 4.39. The number of anilines is 1. The lowest BCUT2D eigenvalue weighted by atomic mass is 10.0. The molecule has 0 aromatic heterocycles. The first-order valence-corrected chi connectivity index (χ1v) is 17.7. The molecule has 10 nitrogen and oxygen atoms in total. The lowest BCUT2D eigenvalue weighted by Crippen LogP contribution is -2.07. The molecule has 46 heavy (non-hydrogen) atoms. The molecule has 0 aliphatic rings. The van der Waals surface area contributed by atoms with Gasteiger partial charge in [0.05, 0.1) is 32.8 Å². The molecule has 0 aliphatic carbocycles. The van der Waals surface area contributed by atoms with E-state index in [4.69, 9.17) is 15.9 Å². The molecule has 0 unspecified atom stereocenters. The standard InChI is InChI=1S/C17H15NO5S.C17H21NO3S/c19-11-5-4-6-14-9-10-17(18(20)21)15(12-14)13-24(22,23)16-7-2-1-3-8-16;18-17-10-9-14(6-4-5-11-19)12-15(17)13-22(20,21)16-7-2-1-3-8-16/h1-3,7-10,12,19H,5,11,13H2;1-3,7-10,12,19H,4-6,11,13,18H2. The van der Waals surface area contributed by atoms with E-state index >= 15 is 0 Å². The van der Waals surface area contributed by atoms with E-state index in [9.17, 15) is 26.9 Å². The van der Waals surface area contributed by atoms with Crippen LogP contribution < -0.4 is 5.73 Å². The highest BCUT2D eigenvalue weighted by molar-refractivity contribution is 7.91. The van der Waals surface area contributed by atoms with Crippen molar-refractivity contribution in [3.8, 4) is 11.8 Å². The molecule has 0 bridgehead atoms. The maximum atomic E-state index is 12.5. The van der Waals surface area contributed by atoms with Crippen LogP contribution in [0.4, 0.5) is 11.4 Å². The summed E-state index contributed by atoms with van der Waals surface area (Å²) >= 11 is 0. The van der Waals surface area contributed by atoms with Gasteiger partial charge in [-0.1, -0.05) is 60.4 Å². The van der Waals surface area contributed by atoms with E-state index in [1.807, 2.05) is 12.1 Å². The van der Waals surface area contributed by atoms with Crippen LogP contribution in [0.15, 0.2) is 107 Å². The molecule has 0 amide bonds. The van der Waals surface area contributed by atoms with Gasteiger partial charge in [-0.2, -0.15) is 0 Å². The molecule has 12 heteroatoms. The van der Waals surface area contributed by atoms with E-state index in [0.29, 0.717) is 21.7 Å². The largest absolute Gasteiger partial charge is 0.398 e. The molecule has 4 rings (SSSR count). The Labute approximate surface area is 269 Å². The summed E-state index contributed by atoms with van der Waals surface area (Å²) in [7, 11) is -7.10. The maximum Gasteiger partial charge on any atom is 0.273 e. The van der Waals surface area contributed by atoms with Gasteiger partial charge in [0.15, 0.2) is 19.7 Å². The molecule has 0 aliphatic heterocycles. The van der Waals surface area contributed by atoms with E-state index in [2.05, 4.69) is 11.8 Å². The van der Waals surface area contributed by atoms with E-state index < -0.39 is 30.4 Å². The Kier molecular flexibility index (Phi) is 13.5. The third kappa shape index (κ3) is 10.8. The molecule has 0 saturated heterocycles. The van der Waals surface area contributed by atoms with Gasteiger partial charge in [0.25, 0.3) is 5.69 Å². The Balaban J connectivity index is 0.000000251. The molecule has 0 heterocycles. The van der Waals surface area contributed by atoms with E-state index in [1.165, 1.54) is 30.3 Å². The van der Waals surface area contributed by atoms with Gasteiger partial charge in [-0.15, -0.1) is 0 Å². The smallest absolute Gasteiger partial charge is 0.273 e. The fourth-order valence-corrected chi connectivity index (χ4v) is 7.17. The van der Waals surface area contributed by atoms with Gasteiger partial charge in [0.2, 0.25) is 0 Å². The second-order valence-corrected chi connectivity index (χ2v) is 14.2. The average Bonchev–Trinajstić information content (AvgIpc) is 3.04. The van der Waals surface area contributed by atoms with Crippen molar-refractivity contribution in [2.45, 2.75) is 47.0 Å². The zero-order valence-electron chi connectivity index (χ0n) is 25.1. The van der Waals surface area contributed by atoms with Gasteiger partial charge in [0, 0.05) is 35.9 Å². The number of benzene rings is 4. The van der Waals surface area contributed by atoms with Crippen LogP contribution in [0.1, 0.15) is 41.5 Å². The Hall–Kier alpha value is -4.54. The first kappa shape index (κ1) is 35.9. The third-order valence-corrected chi connectivity index (χ3v) is 10.1. The number of aliphatic hydroxyl groups excluding tert-OH is 2. The summed E-state index contributed by atoms with van der Waals surface area (Å²) in [6.07, 6.45) is 2.68. The molecule has 0 atom stereocenters. The maximum absolute atomic E-state index is 12.5. The van der Waals surface area contributed by atoms with Gasteiger partial charge in [-0.25, -0.2) is 16.8 Å². The van der Waals surface area contributed by atoms with Crippen molar-refractivity contribution in [1.29, 1.82) is 0 Å². The Morgan fingerprint density at radius 1 is 0.717 bits per heavy atom. The molecule has 0 saturated carbocycles. The third-order valence-electron chi connectivity index (χ3n) is 6.72. The van der Waals surface area contributed by atoms with Gasteiger partial charge in [0.1, 0.15) is 0 Å². The fraction of sp³-hybridized carbons (Fsp3) is 0.235. The highest BCUT2D eigenvalue weighted by Gasteiger charge is 2.22. The molecule has 4 aromatic rings. The quantitative estimate of drug-likeness (QED) is 0.0627. The minimum absolute atomic E-state index is 0.0830. The summed E-state index contributed by atoms with van der Waals surface area (Å²) in [4.78, 5) is 11.0. The highest BCUT2D eigenvalue weighted by Crippen LogP contribution is 2.25. The summed E-state index contributed by atoms with van der Waals surface area (Å²) in [5, 5.41) is 28.7. The number of nitro benzene ring substituents is 1. The number of nitrogens with two attached hydrogens (primary N) is 1. The number of nitrogen functional groups attached to an aromatic ring is 1. The van der Waals surface area contributed by atoms with Crippen molar-refractivity contribution < 1.29 is 32.0 Å². The number of sulfone groups is 2. The number of unbranched alkanes of at least 4 members (excludes halogenated alkanes) is 1. The van der Waals surface area contributed by atoms with Crippen molar-refractivity contribution in [3.05, 3.63) is 129 Å². The minimum Gasteiger partial charge on any atom is -0.398 e. The van der Waals surface area contributed by atoms with E-state index in [1.54, 1.807) is 54.6 Å². The van der Waals surface area contributed by atoms with Crippen molar-refractivity contribution in [3.63, 3.8) is 0 Å². The SMILES string of the molecule is Nc1ccc(CCCCO)cc1CS(=O)(=O)c1ccccc1.O=[N+]([O-])c1ccc(C#CCCO)cc1CS(=O)(=O)c1ccccc1. The van der Waals surface area contributed by atoms with Gasteiger partial charge in [-0.05, 0) is 72.9 Å². The number of hydrogen-bond acceptors (Lipinski definition) is 9. The van der Waals surface area contributed by atoms with E-state index in [-0.39, 0.29) is 41.5 Å². The molecule has 242 valence electrons. The highest BCUT2D eigenvalue weighted by atomic mass is 32.2. The first-order valence-electron chi connectivity index (χ1n) is 14.4. The number of rotatable bonds is 12. The normalized spacial score (nSPS) is 11.1. The average molecular weight is 665 g/mol. The van der Waals surface area contributed by atoms with Crippen LogP contribution in [-0.2, 0) is 37.6 Å². The Morgan fingerprint density at radius 3 is 1.85 bits per heavy atom. The van der Waals surface area contributed by atoms with Crippen LogP contribution in [-0.4, -0.2) is 45.2 Å². The van der Waals surface area contributed by atoms with Crippen LogP contribution in [0, 0.1) is 22.0 Å². The van der Waals surface area contributed by atoms with Crippen LogP contribution in [0.2, 0.25) is 0 Å². The van der Waals surface area contributed by atoms with Crippen molar-refractivity contribution >= 4 is 31.0 Å². The molecular weight excluding hydrogens is 629 g/mol. The lowest BCUT2D eigenvalue weighted by Gasteiger charge is -2.10. The Bertz CT molecular complexity index is 1890. The van der Waals surface area contributed by atoms with Gasteiger partial charge < -0.3 is 15.9 Å². The van der Waals surface area contributed by atoms with Crippen LogP contribution >= 0.6 is 0 Å². The second kappa shape index (κ2) is 17.2. The van der Waals surface area contributed by atoms with Crippen molar-refractivity contribution in [2.75, 3.05) is 18.9 Å². The number of aliphatic hydroxyl groups is 2. The predicted octanol–water partition coefficient (Wildman–Crippen LogP) is 4.86. The molecule has 4 N–H and O–H groups in total. The van der Waals surface area contributed by atoms with Gasteiger partial charge in [-0.3, -0.25) is 10.1 Å². The number of aryl methyl sites for hydroxylation is 1. The summed E-state index contributed by atoms with van der Waals surface area (Å²) in [5.74, 6) is 4.87. The summed E-state index contributed by atoms with van der Waals surface area (Å²) in [6.45, 7) is 0.0828. The zero-order chi connectivity index (χ0) is 33.6. The zero-order valence-corrected chi connectivity index (χ0v) is 26.7. The molecule has 0 radical (unpaired) electrons. The number of hydrogen-bond donors (Lipinski definition) is 3. The predicted molar refractivity (Wildman–Crippen MR) is 177 cm³/mol. The lowest BCUT2D eigenvalue weighted by molar-refractivity contribution is -0.385. The van der Waals surface area contributed by atoms with Gasteiger partial charge >= 0.3 is 0 Å². The minimum atomic E-state index is -3.70. The van der Waals surface area contributed by atoms with Crippen molar-refractivity contribution in [1.82, 2.24) is 0 Å². The topological polar surface area (TPSA) is 178 Å². The second-order valence-electron chi connectivity index (χ2n) is 10.2. The van der Waals surface area contributed by atoms with E-state index in [0.717, 1.165) is 24.8 Å². The molecule has 0 fully saturated rings. The number of nitro groups is 1. The summed E-state index contributed by atoms with van der Waals surface area (Å²) in [6, 6.07) is 25.8. The molecule has 0 spiro atoms.